The molecule has 7 nitrogen and oxygen atoms in total. The molecule has 1 aliphatic rings. The zero-order valence-electron chi connectivity index (χ0n) is 11.5. The van der Waals surface area contributed by atoms with Gasteiger partial charge in [-0.2, -0.15) is 0 Å². The number of aliphatic hydroxyl groups is 1. The normalized spacial score (nSPS) is 18.3. The second-order valence-corrected chi connectivity index (χ2v) is 4.71. The van der Waals surface area contributed by atoms with Crippen LogP contribution in [0.25, 0.3) is 0 Å². The lowest BCUT2D eigenvalue weighted by molar-refractivity contribution is -0.119. The van der Waals surface area contributed by atoms with Gasteiger partial charge < -0.3 is 25.2 Å². The molecule has 21 heavy (non-hydrogen) atoms. The Kier molecular flexibility index (Phi) is 5.13. The molecule has 1 aromatic carbocycles. The van der Waals surface area contributed by atoms with Crippen LogP contribution < -0.4 is 10.5 Å². The number of benzene rings is 1. The van der Waals surface area contributed by atoms with Crippen molar-refractivity contribution in [3.63, 3.8) is 0 Å². The van der Waals surface area contributed by atoms with Crippen molar-refractivity contribution in [3.05, 3.63) is 29.8 Å². The van der Waals surface area contributed by atoms with E-state index in [0.717, 1.165) is 0 Å². The van der Waals surface area contributed by atoms with Gasteiger partial charge in [0.1, 0.15) is 5.75 Å². The largest absolute Gasteiger partial charge is 0.484 e. The Morgan fingerprint density at radius 2 is 2.10 bits per heavy atom. The Bertz CT molecular complexity index is 503. The first-order chi connectivity index (χ1) is 10.1. The first kappa shape index (κ1) is 15.3. The van der Waals surface area contributed by atoms with Crippen LogP contribution in [0.3, 0.4) is 0 Å². The van der Waals surface area contributed by atoms with Gasteiger partial charge in [-0.3, -0.25) is 9.59 Å². The molecular formula is C14H18N2O5. The number of amides is 2. The maximum Gasteiger partial charge on any atom is 0.255 e. The number of rotatable bonds is 5. The van der Waals surface area contributed by atoms with E-state index >= 15 is 0 Å². The highest BCUT2D eigenvalue weighted by Gasteiger charge is 2.24. The molecular weight excluding hydrogens is 276 g/mol. The highest BCUT2D eigenvalue weighted by molar-refractivity contribution is 5.94. The van der Waals surface area contributed by atoms with Crippen LogP contribution >= 0.6 is 0 Å². The highest BCUT2D eigenvalue weighted by atomic mass is 16.5. The third kappa shape index (κ3) is 4.17. The van der Waals surface area contributed by atoms with Crippen LogP contribution in [0.15, 0.2) is 24.3 Å². The Balaban J connectivity index is 1.97. The second kappa shape index (κ2) is 7.05. The number of primary amides is 1. The van der Waals surface area contributed by atoms with Crippen molar-refractivity contribution in [1.29, 1.82) is 0 Å². The van der Waals surface area contributed by atoms with E-state index in [1.54, 1.807) is 29.2 Å². The first-order valence-electron chi connectivity index (χ1n) is 6.63. The van der Waals surface area contributed by atoms with E-state index < -0.39 is 5.91 Å². The molecule has 0 spiro atoms. The number of carbonyl (C=O) groups excluding carboxylic acids is 2. The number of nitrogens with zero attached hydrogens (tertiary/aromatic N) is 1. The van der Waals surface area contributed by atoms with Gasteiger partial charge >= 0.3 is 0 Å². The van der Waals surface area contributed by atoms with Crippen LogP contribution in [0.2, 0.25) is 0 Å². The number of nitrogens with two attached hydrogens (primary N) is 1. The lowest BCUT2D eigenvalue weighted by Crippen LogP contribution is -2.46. The molecule has 7 heteroatoms. The molecule has 1 unspecified atom stereocenters. The van der Waals surface area contributed by atoms with Crippen molar-refractivity contribution in [1.82, 2.24) is 4.90 Å². The van der Waals surface area contributed by atoms with Crippen LogP contribution in [-0.2, 0) is 9.53 Å². The summed E-state index contributed by atoms with van der Waals surface area (Å²) >= 11 is 0. The van der Waals surface area contributed by atoms with Crippen LogP contribution in [0, 0.1) is 0 Å². The van der Waals surface area contributed by atoms with Gasteiger partial charge in [-0.25, -0.2) is 0 Å². The van der Waals surface area contributed by atoms with E-state index in [0.29, 0.717) is 31.0 Å². The number of hydrogen-bond acceptors (Lipinski definition) is 5. The summed E-state index contributed by atoms with van der Waals surface area (Å²) in [5.41, 5.74) is 5.50. The fourth-order valence-electron chi connectivity index (χ4n) is 2.05. The molecule has 1 fully saturated rings. The van der Waals surface area contributed by atoms with Gasteiger partial charge in [0.2, 0.25) is 0 Å². The minimum absolute atomic E-state index is 0.107. The quantitative estimate of drug-likeness (QED) is 0.754. The minimum atomic E-state index is -0.557. The zero-order chi connectivity index (χ0) is 15.2. The van der Waals surface area contributed by atoms with E-state index in [4.69, 9.17) is 20.3 Å². The molecule has 114 valence electrons. The summed E-state index contributed by atoms with van der Waals surface area (Å²) in [6.45, 7) is 0.972. The summed E-state index contributed by atoms with van der Waals surface area (Å²) in [5, 5.41) is 9.08. The number of morpholine rings is 1. The Morgan fingerprint density at radius 3 is 2.71 bits per heavy atom. The van der Waals surface area contributed by atoms with Gasteiger partial charge in [-0.05, 0) is 24.3 Å². The average Bonchev–Trinajstić information content (AvgIpc) is 2.52. The van der Waals surface area contributed by atoms with Crippen LogP contribution in [0.5, 0.6) is 5.75 Å². The van der Waals surface area contributed by atoms with Gasteiger partial charge in [0.05, 0.1) is 19.3 Å². The monoisotopic (exact) mass is 294 g/mol. The predicted molar refractivity (Wildman–Crippen MR) is 73.9 cm³/mol. The topological polar surface area (TPSA) is 102 Å². The average molecular weight is 294 g/mol. The molecule has 1 heterocycles. The van der Waals surface area contributed by atoms with E-state index in [9.17, 15) is 9.59 Å². The third-order valence-electron chi connectivity index (χ3n) is 3.11. The molecule has 1 aromatic rings. The Hall–Kier alpha value is -2.12. The van der Waals surface area contributed by atoms with Crippen molar-refractivity contribution in [2.45, 2.75) is 6.10 Å². The molecule has 0 radical (unpaired) electrons. The summed E-state index contributed by atoms with van der Waals surface area (Å²) in [6.07, 6.45) is -0.333. The van der Waals surface area contributed by atoms with E-state index in [-0.39, 0.29) is 25.2 Å². The minimum Gasteiger partial charge on any atom is -0.484 e. The number of aliphatic hydroxyl groups excluding tert-OH is 1. The van der Waals surface area contributed by atoms with E-state index in [1.807, 2.05) is 0 Å². The smallest absolute Gasteiger partial charge is 0.255 e. The molecule has 1 atom stereocenters. The maximum absolute atomic E-state index is 12.3. The van der Waals surface area contributed by atoms with Crippen molar-refractivity contribution in [2.75, 3.05) is 32.9 Å². The summed E-state index contributed by atoms with van der Waals surface area (Å²) in [5.74, 6) is -0.211. The molecule has 2 rings (SSSR count). The lowest BCUT2D eigenvalue weighted by atomic mass is 10.1. The molecule has 3 N–H and O–H groups in total. The van der Waals surface area contributed by atoms with Gasteiger partial charge in [0, 0.05) is 18.7 Å². The zero-order valence-corrected chi connectivity index (χ0v) is 11.5. The standard InChI is InChI=1S/C14H18N2O5/c15-13(18)9-21-11-3-1-10(2-4-11)14(19)16-5-6-20-12(7-16)8-17/h1-4,12,17H,5-9H2,(H2,15,18). The summed E-state index contributed by atoms with van der Waals surface area (Å²) in [7, 11) is 0. The van der Waals surface area contributed by atoms with Gasteiger partial charge in [-0.1, -0.05) is 0 Å². The molecule has 0 saturated carbocycles. The van der Waals surface area contributed by atoms with Gasteiger partial charge in [0.25, 0.3) is 11.8 Å². The van der Waals surface area contributed by atoms with Crippen LogP contribution in [-0.4, -0.2) is 60.8 Å². The van der Waals surface area contributed by atoms with Crippen LogP contribution in [0.1, 0.15) is 10.4 Å². The predicted octanol–water partition coefficient (Wildman–Crippen LogP) is -0.616. The fraction of sp³-hybridized carbons (Fsp3) is 0.429. The van der Waals surface area contributed by atoms with Crippen LogP contribution in [0.4, 0.5) is 0 Å². The Labute approximate surface area is 122 Å². The fourth-order valence-corrected chi connectivity index (χ4v) is 2.05. The molecule has 0 aromatic heterocycles. The number of carbonyl (C=O) groups is 2. The Morgan fingerprint density at radius 1 is 1.38 bits per heavy atom. The third-order valence-corrected chi connectivity index (χ3v) is 3.11. The molecule has 1 aliphatic heterocycles. The van der Waals surface area contributed by atoms with Crippen molar-refractivity contribution in [2.24, 2.45) is 5.73 Å². The summed E-state index contributed by atoms with van der Waals surface area (Å²) in [4.78, 5) is 24.6. The van der Waals surface area contributed by atoms with Gasteiger partial charge in [-0.15, -0.1) is 0 Å². The SMILES string of the molecule is NC(=O)COc1ccc(C(=O)N2CCOC(CO)C2)cc1. The summed E-state index contributed by atoms with van der Waals surface area (Å²) in [6, 6.07) is 6.48. The second-order valence-electron chi connectivity index (χ2n) is 4.71. The lowest BCUT2D eigenvalue weighted by Gasteiger charge is -2.32. The first-order valence-corrected chi connectivity index (χ1v) is 6.63. The molecule has 0 bridgehead atoms. The van der Waals surface area contributed by atoms with Crippen molar-refractivity contribution < 1.29 is 24.2 Å². The van der Waals surface area contributed by atoms with E-state index in [1.165, 1.54) is 0 Å². The number of ether oxygens (including phenoxy) is 2. The highest BCUT2D eigenvalue weighted by Crippen LogP contribution is 2.15. The molecule has 2 amide bonds. The summed E-state index contributed by atoms with van der Waals surface area (Å²) < 4.78 is 10.4. The van der Waals surface area contributed by atoms with Gasteiger partial charge in [0.15, 0.2) is 6.61 Å². The van der Waals surface area contributed by atoms with E-state index in [2.05, 4.69) is 0 Å². The number of hydrogen-bond donors (Lipinski definition) is 2. The van der Waals surface area contributed by atoms with Crippen molar-refractivity contribution in [3.8, 4) is 5.75 Å². The molecule has 1 saturated heterocycles. The van der Waals surface area contributed by atoms with Crippen molar-refractivity contribution >= 4 is 11.8 Å². The maximum atomic E-state index is 12.3. The molecule has 0 aliphatic carbocycles.